The van der Waals surface area contributed by atoms with Crippen LogP contribution in [-0.4, -0.2) is 31.6 Å². The lowest BCUT2D eigenvalue weighted by molar-refractivity contribution is -0.142. The van der Waals surface area contributed by atoms with Crippen molar-refractivity contribution in [3.63, 3.8) is 0 Å². The van der Waals surface area contributed by atoms with Crippen molar-refractivity contribution in [1.29, 1.82) is 0 Å². The lowest BCUT2D eigenvalue weighted by Crippen LogP contribution is -2.22. The van der Waals surface area contributed by atoms with Gasteiger partial charge in [0.2, 0.25) is 5.95 Å². The number of alkyl halides is 3. The van der Waals surface area contributed by atoms with Gasteiger partial charge in [0, 0.05) is 45.9 Å². The summed E-state index contributed by atoms with van der Waals surface area (Å²) in [5.41, 5.74) is -0.729. The summed E-state index contributed by atoms with van der Waals surface area (Å²) in [6.45, 7) is 0.0675. The zero-order chi connectivity index (χ0) is 18.2. The maximum Gasteiger partial charge on any atom is 0.435 e. The van der Waals surface area contributed by atoms with Crippen molar-refractivity contribution in [1.82, 2.24) is 24.5 Å². The minimum absolute atomic E-state index is 0.0675. The highest BCUT2D eigenvalue weighted by molar-refractivity contribution is 5.33. The second-order valence-corrected chi connectivity index (χ2v) is 6.86. The van der Waals surface area contributed by atoms with Gasteiger partial charge in [0.1, 0.15) is 5.82 Å². The Morgan fingerprint density at radius 1 is 1.20 bits per heavy atom. The van der Waals surface area contributed by atoms with E-state index >= 15 is 0 Å². The molecule has 3 rings (SSSR count). The molecule has 0 bridgehead atoms. The Hall–Kier alpha value is -2.06. The van der Waals surface area contributed by atoms with Crippen molar-refractivity contribution in [2.75, 3.05) is 11.9 Å². The largest absolute Gasteiger partial charge is 0.435 e. The van der Waals surface area contributed by atoms with E-state index in [0.29, 0.717) is 11.9 Å². The SMILES string of the molecule is CN(Cc1cn(C)nc1C(F)(F)F)c1nnc(CC2CCCC2)n1C. The molecule has 0 atom stereocenters. The topological polar surface area (TPSA) is 51.8 Å². The van der Waals surface area contributed by atoms with Gasteiger partial charge in [0.25, 0.3) is 0 Å². The smallest absolute Gasteiger partial charge is 0.340 e. The van der Waals surface area contributed by atoms with E-state index < -0.39 is 11.9 Å². The van der Waals surface area contributed by atoms with Crippen LogP contribution in [0, 0.1) is 5.92 Å². The Bertz CT molecular complexity index is 727. The highest BCUT2D eigenvalue weighted by atomic mass is 19.4. The van der Waals surface area contributed by atoms with E-state index in [1.54, 1.807) is 11.9 Å². The summed E-state index contributed by atoms with van der Waals surface area (Å²) in [5, 5.41) is 12.0. The van der Waals surface area contributed by atoms with E-state index in [2.05, 4.69) is 15.3 Å². The molecule has 9 heteroatoms. The van der Waals surface area contributed by atoms with Crippen LogP contribution in [-0.2, 0) is 33.2 Å². The highest BCUT2D eigenvalue weighted by Crippen LogP contribution is 2.32. The number of aryl methyl sites for hydroxylation is 1. The molecule has 2 heterocycles. The van der Waals surface area contributed by atoms with E-state index in [1.165, 1.54) is 43.6 Å². The van der Waals surface area contributed by atoms with Crippen LogP contribution in [0.5, 0.6) is 0 Å². The number of anilines is 1. The summed E-state index contributed by atoms with van der Waals surface area (Å²) in [5.74, 6) is 2.08. The summed E-state index contributed by atoms with van der Waals surface area (Å²) < 4.78 is 42.4. The fraction of sp³-hybridized carbons (Fsp3) is 0.688. The molecule has 0 spiro atoms. The third-order valence-electron chi connectivity index (χ3n) is 4.81. The van der Waals surface area contributed by atoms with Crippen molar-refractivity contribution in [2.24, 2.45) is 20.0 Å². The Labute approximate surface area is 144 Å². The molecule has 0 unspecified atom stereocenters. The van der Waals surface area contributed by atoms with Crippen LogP contribution in [0.1, 0.15) is 42.8 Å². The van der Waals surface area contributed by atoms with Crippen LogP contribution in [0.4, 0.5) is 19.1 Å². The summed E-state index contributed by atoms with van der Waals surface area (Å²) in [6, 6.07) is 0. The van der Waals surface area contributed by atoms with Crippen LogP contribution < -0.4 is 4.90 Å². The predicted molar refractivity (Wildman–Crippen MR) is 87.0 cm³/mol. The van der Waals surface area contributed by atoms with Gasteiger partial charge in [-0.15, -0.1) is 10.2 Å². The Balaban J connectivity index is 1.76. The first kappa shape index (κ1) is 17.8. The fourth-order valence-corrected chi connectivity index (χ4v) is 3.55. The third-order valence-corrected chi connectivity index (χ3v) is 4.81. The van der Waals surface area contributed by atoms with Crippen LogP contribution >= 0.6 is 0 Å². The summed E-state index contributed by atoms with van der Waals surface area (Å²) in [4.78, 5) is 1.68. The first-order chi connectivity index (χ1) is 11.8. The molecule has 0 N–H and O–H groups in total. The number of hydrogen-bond acceptors (Lipinski definition) is 4. The number of rotatable bonds is 5. The molecular weight excluding hydrogens is 333 g/mol. The van der Waals surface area contributed by atoms with Gasteiger partial charge < -0.3 is 9.47 Å². The molecule has 2 aromatic rings. The van der Waals surface area contributed by atoms with Gasteiger partial charge in [-0.2, -0.15) is 18.3 Å². The van der Waals surface area contributed by atoms with Gasteiger partial charge in [0.15, 0.2) is 5.69 Å². The van der Waals surface area contributed by atoms with Crippen molar-refractivity contribution in [3.05, 3.63) is 23.3 Å². The van der Waals surface area contributed by atoms with Gasteiger partial charge in [0.05, 0.1) is 0 Å². The monoisotopic (exact) mass is 356 g/mol. The maximum absolute atomic E-state index is 13.1. The Morgan fingerprint density at radius 2 is 1.88 bits per heavy atom. The molecular formula is C16H23F3N6. The Kier molecular flexibility index (Phi) is 4.75. The first-order valence-corrected chi connectivity index (χ1v) is 8.45. The lowest BCUT2D eigenvalue weighted by atomic mass is 10.0. The number of nitrogens with zero attached hydrogens (tertiary/aromatic N) is 6. The van der Waals surface area contributed by atoms with E-state index in [-0.39, 0.29) is 12.1 Å². The van der Waals surface area contributed by atoms with Gasteiger partial charge in [-0.25, -0.2) is 0 Å². The van der Waals surface area contributed by atoms with Crippen molar-refractivity contribution in [2.45, 2.75) is 44.8 Å². The quantitative estimate of drug-likeness (QED) is 0.827. The molecule has 25 heavy (non-hydrogen) atoms. The van der Waals surface area contributed by atoms with Crippen LogP contribution in [0.2, 0.25) is 0 Å². The standard InChI is InChI=1S/C16H23F3N6/c1-23(9-12-10-24(2)22-14(12)16(17,18)19)15-21-20-13(25(15)3)8-11-6-4-5-7-11/h10-11H,4-9H2,1-3H3. The van der Waals surface area contributed by atoms with Crippen molar-refractivity contribution >= 4 is 5.95 Å². The van der Waals surface area contributed by atoms with Crippen molar-refractivity contribution < 1.29 is 13.2 Å². The highest BCUT2D eigenvalue weighted by Gasteiger charge is 2.37. The van der Waals surface area contributed by atoms with Crippen molar-refractivity contribution in [3.8, 4) is 0 Å². The molecule has 0 radical (unpaired) electrons. The molecule has 6 nitrogen and oxygen atoms in total. The molecule has 1 aliphatic carbocycles. The zero-order valence-corrected chi connectivity index (χ0v) is 14.7. The first-order valence-electron chi connectivity index (χ1n) is 8.45. The normalized spacial score (nSPS) is 15.9. The number of hydrogen-bond donors (Lipinski definition) is 0. The van der Waals surface area contributed by atoms with Gasteiger partial charge >= 0.3 is 6.18 Å². The molecule has 0 aliphatic heterocycles. The molecule has 1 saturated carbocycles. The minimum Gasteiger partial charge on any atom is -0.340 e. The second kappa shape index (κ2) is 6.68. The molecule has 0 aromatic carbocycles. The van der Waals surface area contributed by atoms with E-state index in [4.69, 9.17) is 0 Å². The lowest BCUT2D eigenvalue weighted by Gasteiger charge is -2.18. The number of aromatic nitrogens is 5. The predicted octanol–water partition coefficient (Wildman–Crippen LogP) is 2.94. The van der Waals surface area contributed by atoms with Crippen LogP contribution in [0.25, 0.3) is 0 Å². The maximum atomic E-state index is 13.1. The summed E-state index contributed by atoms with van der Waals surface area (Å²) >= 11 is 0. The van der Waals surface area contributed by atoms with Gasteiger partial charge in [-0.3, -0.25) is 4.68 Å². The average Bonchev–Trinajstić information content (AvgIpc) is 3.21. The molecule has 138 valence electrons. The second-order valence-electron chi connectivity index (χ2n) is 6.86. The molecule has 1 fully saturated rings. The fourth-order valence-electron chi connectivity index (χ4n) is 3.55. The zero-order valence-electron chi connectivity index (χ0n) is 14.7. The van der Waals surface area contributed by atoms with E-state index in [1.807, 2.05) is 11.6 Å². The van der Waals surface area contributed by atoms with Gasteiger partial charge in [-0.1, -0.05) is 25.7 Å². The summed E-state index contributed by atoms with van der Waals surface area (Å²) in [6.07, 6.45) is 2.75. The Morgan fingerprint density at radius 3 is 2.52 bits per heavy atom. The molecule has 0 saturated heterocycles. The van der Waals surface area contributed by atoms with Gasteiger partial charge in [-0.05, 0) is 5.92 Å². The third kappa shape index (κ3) is 3.80. The number of halogens is 3. The minimum atomic E-state index is -4.47. The molecule has 2 aromatic heterocycles. The molecule has 1 aliphatic rings. The van der Waals surface area contributed by atoms with E-state index in [0.717, 1.165) is 12.2 Å². The van der Waals surface area contributed by atoms with Crippen LogP contribution in [0.15, 0.2) is 6.20 Å². The summed E-state index contributed by atoms with van der Waals surface area (Å²) in [7, 11) is 5.07. The average molecular weight is 356 g/mol. The van der Waals surface area contributed by atoms with E-state index in [9.17, 15) is 13.2 Å². The molecule has 0 amide bonds. The van der Waals surface area contributed by atoms with Crippen LogP contribution in [0.3, 0.4) is 0 Å².